The maximum atomic E-state index is 12.3. The molecule has 0 aliphatic heterocycles. The fourth-order valence-electron chi connectivity index (χ4n) is 2.31. The summed E-state index contributed by atoms with van der Waals surface area (Å²) in [5.41, 5.74) is 3.13. The largest absolute Gasteiger partial charge is 0.310 e. The van der Waals surface area contributed by atoms with E-state index >= 15 is 0 Å². The number of pyridine rings is 2. The molecule has 0 aliphatic carbocycles. The van der Waals surface area contributed by atoms with Crippen molar-refractivity contribution in [2.75, 3.05) is 5.75 Å². The summed E-state index contributed by atoms with van der Waals surface area (Å²) in [4.78, 5) is 14.0. The van der Waals surface area contributed by atoms with Crippen molar-refractivity contribution in [2.24, 2.45) is 7.05 Å². The molecule has 0 aliphatic rings. The van der Waals surface area contributed by atoms with E-state index in [0.29, 0.717) is 27.3 Å². The van der Waals surface area contributed by atoms with Crippen LogP contribution in [-0.2, 0) is 17.8 Å². The zero-order chi connectivity index (χ0) is 15.9. The van der Waals surface area contributed by atoms with E-state index in [2.05, 4.69) is 15.0 Å². The first kappa shape index (κ1) is 15.1. The molecule has 22 heavy (non-hydrogen) atoms. The quantitative estimate of drug-likeness (QED) is 0.690. The number of hydrogen-bond acceptors (Lipinski definition) is 4. The van der Waals surface area contributed by atoms with Gasteiger partial charge in [-0.3, -0.25) is 4.21 Å². The van der Waals surface area contributed by atoms with Gasteiger partial charge in [-0.1, -0.05) is 18.5 Å². The van der Waals surface area contributed by atoms with Gasteiger partial charge >= 0.3 is 0 Å². The Labute approximate surface area is 135 Å². The van der Waals surface area contributed by atoms with Gasteiger partial charge in [0.15, 0.2) is 11.5 Å². The molecular formula is C15H15ClN4OS. The molecule has 7 heteroatoms. The first-order valence-corrected chi connectivity index (χ1v) is 8.55. The van der Waals surface area contributed by atoms with E-state index in [1.54, 1.807) is 18.3 Å². The van der Waals surface area contributed by atoms with Gasteiger partial charge in [-0.15, -0.1) is 0 Å². The predicted octanol–water partition coefficient (Wildman–Crippen LogP) is 3.12. The average molecular weight is 335 g/mol. The highest BCUT2D eigenvalue weighted by Crippen LogP contribution is 2.28. The predicted molar refractivity (Wildman–Crippen MR) is 88.4 cm³/mol. The number of hydrogen-bond donors (Lipinski definition) is 0. The average Bonchev–Trinajstić information content (AvgIpc) is 2.82. The van der Waals surface area contributed by atoms with E-state index < -0.39 is 10.8 Å². The van der Waals surface area contributed by atoms with Crippen LogP contribution in [0.25, 0.3) is 22.7 Å². The van der Waals surface area contributed by atoms with Crippen LogP contribution in [0.15, 0.2) is 29.3 Å². The number of rotatable bonds is 3. The minimum absolute atomic E-state index is 0.350. The zero-order valence-electron chi connectivity index (χ0n) is 12.5. The Morgan fingerprint density at radius 3 is 2.82 bits per heavy atom. The van der Waals surface area contributed by atoms with Crippen LogP contribution in [0.3, 0.4) is 0 Å². The minimum atomic E-state index is -1.14. The second-order valence-corrected chi connectivity index (χ2v) is 7.06. The van der Waals surface area contributed by atoms with E-state index in [1.807, 2.05) is 31.5 Å². The Bertz CT molecular complexity index is 891. The summed E-state index contributed by atoms with van der Waals surface area (Å²) in [6.45, 7) is 3.84. The monoisotopic (exact) mass is 334 g/mol. The molecule has 114 valence electrons. The maximum absolute atomic E-state index is 12.3. The van der Waals surface area contributed by atoms with Crippen LogP contribution in [0.2, 0.25) is 5.15 Å². The number of aryl methyl sites for hydroxylation is 2. The molecule has 0 N–H and O–H groups in total. The lowest BCUT2D eigenvalue weighted by Crippen LogP contribution is -2.03. The highest BCUT2D eigenvalue weighted by molar-refractivity contribution is 7.85. The van der Waals surface area contributed by atoms with Crippen molar-refractivity contribution in [1.82, 2.24) is 19.5 Å². The van der Waals surface area contributed by atoms with Crippen molar-refractivity contribution in [3.63, 3.8) is 0 Å². The van der Waals surface area contributed by atoms with E-state index in [0.717, 1.165) is 16.7 Å². The maximum Gasteiger partial charge on any atom is 0.162 e. The molecule has 0 radical (unpaired) electrons. The Kier molecular flexibility index (Phi) is 3.97. The fourth-order valence-corrected chi connectivity index (χ4v) is 3.34. The summed E-state index contributed by atoms with van der Waals surface area (Å²) >= 11 is 6.03. The van der Waals surface area contributed by atoms with Gasteiger partial charge < -0.3 is 4.57 Å². The molecule has 3 aromatic heterocycles. The number of aromatic nitrogens is 4. The Morgan fingerprint density at radius 1 is 1.32 bits per heavy atom. The zero-order valence-corrected chi connectivity index (χ0v) is 14.1. The Hall–Kier alpha value is -1.79. The third-order valence-corrected chi connectivity index (χ3v) is 4.94. The molecule has 0 amide bonds. The third-order valence-electron chi connectivity index (χ3n) is 3.39. The van der Waals surface area contributed by atoms with Crippen molar-refractivity contribution < 1.29 is 4.21 Å². The summed E-state index contributed by atoms with van der Waals surface area (Å²) in [6.07, 6.45) is 1.80. The van der Waals surface area contributed by atoms with E-state index in [4.69, 9.17) is 11.6 Å². The van der Waals surface area contributed by atoms with E-state index in [1.165, 1.54) is 0 Å². The van der Waals surface area contributed by atoms with Gasteiger partial charge in [-0.25, -0.2) is 15.0 Å². The van der Waals surface area contributed by atoms with Gasteiger partial charge in [0.2, 0.25) is 0 Å². The van der Waals surface area contributed by atoms with Crippen molar-refractivity contribution >= 4 is 33.6 Å². The molecule has 3 aromatic rings. The summed E-state index contributed by atoms with van der Waals surface area (Å²) < 4.78 is 14.1. The third kappa shape index (κ3) is 2.53. The number of halogens is 1. The minimum Gasteiger partial charge on any atom is -0.310 e. The highest BCUT2D eigenvalue weighted by Gasteiger charge is 2.19. The smallest absolute Gasteiger partial charge is 0.162 e. The molecule has 1 atom stereocenters. The van der Waals surface area contributed by atoms with Gasteiger partial charge in [0.1, 0.15) is 16.4 Å². The van der Waals surface area contributed by atoms with Crippen LogP contribution >= 0.6 is 11.6 Å². The topological polar surface area (TPSA) is 60.7 Å². The van der Waals surface area contributed by atoms with Gasteiger partial charge in [-0.2, -0.15) is 0 Å². The van der Waals surface area contributed by atoms with Crippen molar-refractivity contribution in [3.8, 4) is 11.5 Å². The second-order valence-electron chi connectivity index (χ2n) is 4.96. The van der Waals surface area contributed by atoms with Gasteiger partial charge in [-0.05, 0) is 30.7 Å². The molecule has 3 heterocycles. The van der Waals surface area contributed by atoms with Crippen molar-refractivity contribution in [1.29, 1.82) is 0 Å². The summed E-state index contributed by atoms with van der Waals surface area (Å²) in [7, 11) is 0.729. The molecule has 0 aromatic carbocycles. The number of imidazole rings is 1. The van der Waals surface area contributed by atoms with Crippen LogP contribution in [0.5, 0.6) is 0 Å². The van der Waals surface area contributed by atoms with Crippen LogP contribution in [-0.4, -0.2) is 29.5 Å². The lowest BCUT2D eigenvalue weighted by Gasteiger charge is -2.08. The lowest BCUT2D eigenvalue weighted by atomic mass is 10.3. The highest BCUT2D eigenvalue weighted by atomic mass is 35.5. The fraction of sp³-hybridized carbons (Fsp3) is 0.267. The van der Waals surface area contributed by atoms with E-state index in [-0.39, 0.29) is 0 Å². The Balaban J connectivity index is 2.29. The van der Waals surface area contributed by atoms with Crippen LogP contribution in [0.4, 0.5) is 0 Å². The van der Waals surface area contributed by atoms with Crippen molar-refractivity contribution in [3.05, 3.63) is 35.1 Å². The summed E-state index contributed by atoms with van der Waals surface area (Å²) in [6, 6.07) is 5.37. The van der Waals surface area contributed by atoms with Gasteiger partial charge in [0, 0.05) is 19.0 Å². The molecule has 3 rings (SSSR count). The molecule has 0 saturated heterocycles. The van der Waals surface area contributed by atoms with Crippen molar-refractivity contribution in [2.45, 2.75) is 18.7 Å². The Morgan fingerprint density at radius 2 is 2.09 bits per heavy atom. The SMILES string of the molecule is CCS(=O)c1ccc(Cl)nc1-c1nc2cc(C)cnc2n1C. The lowest BCUT2D eigenvalue weighted by molar-refractivity contribution is 0.683. The van der Waals surface area contributed by atoms with Crippen LogP contribution < -0.4 is 0 Å². The molecule has 5 nitrogen and oxygen atoms in total. The van der Waals surface area contributed by atoms with Crippen LogP contribution in [0.1, 0.15) is 12.5 Å². The van der Waals surface area contributed by atoms with E-state index in [9.17, 15) is 4.21 Å². The standard InChI is InChI=1S/C15H15ClN4OS/c1-4-22(21)11-5-6-12(16)19-13(11)15-18-10-7-9(2)8-17-14(10)20(15)3/h5-8H,4H2,1-3H3. The molecule has 0 fully saturated rings. The first-order chi connectivity index (χ1) is 10.5. The number of fused-ring (bicyclic) bond motifs is 1. The summed E-state index contributed by atoms with van der Waals surface area (Å²) in [5.74, 6) is 1.13. The molecule has 0 bridgehead atoms. The molecular weight excluding hydrogens is 320 g/mol. The van der Waals surface area contributed by atoms with Crippen LogP contribution in [0, 0.1) is 6.92 Å². The summed E-state index contributed by atoms with van der Waals surface area (Å²) in [5, 5.41) is 0.350. The van der Waals surface area contributed by atoms with Gasteiger partial charge in [0.05, 0.1) is 15.7 Å². The van der Waals surface area contributed by atoms with Gasteiger partial charge in [0.25, 0.3) is 0 Å². The number of nitrogens with zero attached hydrogens (tertiary/aromatic N) is 4. The molecule has 0 saturated carbocycles. The molecule has 1 unspecified atom stereocenters. The molecule has 0 spiro atoms. The first-order valence-electron chi connectivity index (χ1n) is 6.85. The second kappa shape index (κ2) is 5.78. The normalized spacial score (nSPS) is 12.7.